The SMILES string of the molecule is Cc1ccc(NC(=S)NNC(=O)c2sc(N3CCOCC3)nc2C)cc1C. The number of morpholine rings is 1. The number of thiazole rings is 1. The second-order valence-corrected chi connectivity index (χ2v) is 7.73. The first-order valence-electron chi connectivity index (χ1n) is 8.69. The summed E-state index contributed by atoms with van der Waals surface area (Å²) in [4.78, 5) is 19.7. The number of nitrogens with zero attached hydrogens (tertiary/aromatic N) is 2. The van der Waals surface area contributed by atoms with Crippen molar-refractivity contribution in [3.05, 3.63) is 39.9 Å². The second-order valence-electron chi connectivity index (χ2n) is 6.34. The molecule has 2 aromatic rings. The minimum Gasteiger partial charge on any atom is -0.378 e. The monoisotopic (exact) mass is 405 g/mol. The standard InChI is InChI=1S/C18H23N5O2S2/c1-11-4-5-14(10-12(11)2)20-17(26)22-21-16(24)15-13(3)19-18(27-15)23-6-8-25-9-7-23/h4-5,10H,6-9H2,1-3H3,(H,21,24)(H2,20,22,26). The molecule has 7 nitrogen and oxygen atoms in total. The van der Waals surface area contributed by atoms with Gasteiger partial charge in [-0.15, -0.1) is 0 Å². The van der Waals surface area contributed by atoms with E-state index in [0.717, 1.165) is 23.9 Å². The Balaban J connectivity index is 1.56. The summed E-state index contributed by atoms with van der Waals surface area (Å²) in [6.07, 6.45) is 0. The zero-order chi connectivity index (χ0) is 19.4. The second kappa shape index (κ2) is 8.64. The lowest BCUT2D eigenvalue weighted by Crippen LogP contribution is -2.43. The highest BCUT2D eigenvalue weighted by atomic mass is 32.1. The van der Waals surface area contributed by atoms with Crippen LogP contribution in [0.25, 0.3) is 0 Å². The van der Waals surface area contributed by atoms with E-state index in [4.69, 9.17) is 17.0 Å². The molecular formula is C18H23N5O2S2. The van der Waals surface area contributed by atoms with Gasteiger partial charge >= 0.3 is 0 Å². The lowest BCUT2D eigenvalue weighted by Gasteiger charge is -2.25. The van der Waals surface area contributed by atoms with Crippen molar-refractivity contribution in [2.45, 2.75) is 20.8 Å². The van der Waals surface area contributed by atoms with E-state index in [1.807, 2.05) is 32.0 Å². The lowest BCUT2D eigenvalue weighted by atomic mass is 10.1. The first-order chi connectivity index (χ1) is 12.9. The molecule has 0 bridgehead atoms. The maximum Gasteiger partial charge on any atom is 0.281 e. The molecule has 3 rings (SSSR count). The van der Waals surface area contributed by atoms with Crippen LogP contribution in [0.4, 0.5) is 10.8 Å². The van der Waals surface area contributed by atoms with Gasteiger partial charge in [-0.3, -0.25) is 15.6 Å². The molecule has 0 saturated carbocycles. The van der Waals surface area contributed by atoms with Crippen LogP contribution in [-0.4, -0.2) is 42.3 Å². The number of thiocarbonyl (C=S) groups is 1. The van der Waals surface area contributed by atoms with Gasteiger partial charge in [0.05, 0.1) is 18.9 Å². The highest BCUT2D eigenvalue weighted by Crippen LogP contribution is 2.26. The molecule has 1 aromatic carbocycles. The van der Waals surface area contributed by atoms with Gasteiger partial charge in [-0.2, -0.15) is 0 Å². The molecule has 144 valence electrons. The van der Waals surface area contributed by atoms with Crippen LogP contribution in [0.2, 0.25) is 0 Å². The van der Waals surface area contributed by atoms with Crippen LogP contribution >= 0.6 is 23.6 Å². The molecule has 9 heteroatoms. The van der Waals surface area contributed by atoms with E-state index in [-0.39, 0.29) is 5.91 Å². The molecule has 27 heavy (non-hydrogen) atoms. The Kier molecular flexibility index (Phi) is 6.25. The minimum absolute atomic E-state index is 0.256. The first-order valence-corrected chi connectivity index (χ1v) is 9.91. The van der Waals surface area contributed by atoms with Gasteiger partial charge in [-0.1, -0.05) is 17.4 Å². The number of rotatable bonds is 3. The lowest BCUT2D eigenvalue weighted by molar-refractivity contribution is 0.0947. The molecule has 1 saturated heterocycles. The predicted molar refractivity (Wildman–Crippen MR) is 113 cm³/mol. The number of aryl methyl sites for hydroxylation is 3. The van der Waals surface area contributed by atoms with E-state index >= 15 is 0 Å². The number of carbonyl (C=O) groups excluding carboxylic acids is 1. The van der Waals surface area contributed by atoms with Crippen molar-refractivity contribution in [1.29, 1.82) is 0 Å². The Morgan fingerprint density at radius 2 is 1.93 bits per heavy atom. The zero-order valence-corrected chi connectivity index (χ0v) is 17.2. The average molecular weight is 406 g/mol. The smallest absolute Gasteiger partial charge is 0.281 e. The first kappa shape index (κ1) is 19.5. The third-order valence-electron chi connectivity index (χ3n) is 4.33. The molecule has 0 unspecified atom stereocenters. The number of hydrazine groups is 1. The zero-order valence-electron chi connectivity index (χ0n) is 15.6. The van der Waals surface area contributed by atoms with E-state index in [0.29, 0.717) is 28.9 Å². The van der Waals surface area contributed by atoms with Gasteiger partial charge in [-0.05, 0) is 56.2 Å². The van der Waals surface area contributed by atoms with E-state index in [1.165, 1.54) is 22.5 Å². The van der Waals surface area contributed by atoms with Gasteiger partial charge in [0.2, 0.25) is 0 Å². The molecule has 1 aliphatic heterocycles. The number of anilines is 2. The summed E-state index contributed by atoms with van der Waals surface area (Å²) in [5, 5.41) is 4.23. The largest absolute Gasteiger partial charge is 0.378 e. The van der Waals surface area contributed by atoms with Crippen LogP contribution < -0.4 is 21.1 Å². The molecule has 0 spiro atoms. The molecule has 3 N–H and O–H groups in total. The predicted octanol–water partition coefficient (Wildman–Crippen LogP) is 2.54. The van der Waals surface area contributed by atoms with E-state index < -0.39 is 0 Å². The number of amides is 1. The summed E-state index contributed by atoms with van der Waals surface area (Å²) < 4.78 is 5.36. The Morgan fingerprint density at radius 3 is 2.63 bits per heavy atom. The van der Waals surface area contributed by atoms with Crippen molar-refractivity contribution < 1.29 is 9.53 Å². The van der Waals surface area contributed by atoms with Crippen molar-refractivity contribution in [3.63, 3.8) is 0 Å². The number of ether oxygens (including phenoxy) is 1. The topological polar surface area (TPSA) is 78.5 Å². The van der Waals surface area contributed by atoms with Crippen LogP contribution in [0.3, 0.4) is 0 Å². The quantitative estimate of drug-likeness (QED) is 0.535. The van der Waals surface area contributed by atoms with E-state index in [2.05, 4.69) is 33.0 Å². The Morgan fingerprint density at radius 1 is 1.19 bits per heavy atom. The van der Waals surface area contributed by atoms with Gasteiger partial charge < -0.3 is 15.0 Å². The molecular weight excluding hydrogens is 382 g/mol. The van der Waals surface area contributed by atoms with Crippen LogP contribution in [0.15, 0.2) is 18.2 Å². The molecule has 1 fully saturated rings. The van der Waals surface area contributed by atoms with Gasteiger partial charge in [0.1, 0.15) is 4.88 Å². The normalized spacial score (nSPS) is 14.0. The minimum atomic E-state index is -0.256. The van der Waals surface area contributed by atoms with Crippen LogP contribution in [-0.2, 0) is 4.74 Å². The van der Waals surface area contributed by atoms with Crippen LogP contribution in [0.5, 0.6) is 0 Å². The number of aromatic nitrogens is 1. The van der Waals surface area contributed by atoms with Crippen molar-refractivity contribution in [1.82, 2.24) is 15.8 Å². The fourth-order valence-electron chi connectivity index (χ4n) is 2.63. The summed E-state index contributed by atoms with van der Waals surface area (Å²) in [6, 6.07) is 5.97. The summed E-state index contributed by atoms with van der Waals surface area (Å²) in [6.45, 7) is 8.86. The Bertz CT molecular complexity index is 846. The van der Waals surface area contributed by atoms with Gasteiger partial charge in [0.25, 0.3) is 5.91 Å². The summed E-state index contributed by atoms with van der Waals surface area (Å²) in [7, 11) is 0. The third kappa shape index (κ3) is 4.94. The maximum atomic E-state index is 12.5. The van der Waals surface area contributed by atoms with Crippen LogP contribution in [0.1, 0.15) is 26.5 Å². The van der Waals surface area contributed by atoms with Crippen molar-refractivity contribution in [3.8, 4) is 0 Å². The number of hydrogen-bond acceptors (Lipinski definition) is 6. The van der Waals surface area contributed by atoms with Crippen LogP contribution in [0, 0.1) is 20.8 Å². The number of nitrogens with one attached hydrogen (secondary N) is 3. The third-order valence-corrected chi connectivity index (χ3v) is 5.75. The van der Waals surface area contributed by atoms with Gasteiger partial charge in [0.15, 0.2) is 10.2 Å². The summed E-state index contributed by atoms with van der Waals surface area (Å²) >= 11 is 6.63. The molecule has 1 amide bonds. The average Bonchev–Trinajstić information content (AvgIpc) is 3.05. The van der Waals surface area contributed by atoms with Crippen molar-refractivity contribution in [2.24, 2.45) is 0 Å². The molecule has 1 aliphatic rings. The molecule has 0 aliphatic carbocycles. The fourth-order valence-corrected chi connectivity index (χ4v) is 3.82. The van der Waals surface area contributed by atoms with Crippen molar-refractivity contribution in [2.75, 3.05) is 36.5 Å². The highest BCUT2D eigenvalue weighted by molar-refractivity contribution is 7.80. The van der Waals surface area contributed by atoms with E-state index in [1.54, 1.807) is 0 Å². The molecule has 0 radical (unpaired) electrons. The maximum absolute atomic E-state index is 12.5. The number of hydrogen-bond donors (Lipinski definition) is 3. The Hall–Kier alpha value is -2.23. The molecule has 2 heterocycles. The fraction of sp³-hybridized carbons (Fsp3) is 0.389. The number of carbonyl (C=O) groups is 1. The van der Waals surface area contributed by atoms with Gasteiger partial charge in [0, 0.05) is 18.8 Å². The van der Waals surface area contributed by atoms with E-state index in [9.17, 15) is 4.79 Å². The highest BCUT2D eigenvalue weighted by Gasteiger charge is 2.20. The molecule has 1 aromatic heterocycles. The summed E-state index contributed by atoms with van der Waals surface area (Å²) in [5.41, 5.74) is 9.34. The van der Waals surface area contributed by atoms with Crippen molar-refractivity contribution >= 4 is 45.4 Å². The van der Waals surface area contributed by atoms with Gasteiger partial charge in [-0.25, -0.2) is 4.98 Å². The molecule has 0 atom stereocenters. The number of benzene rings is 1. The Labute approximate surface area is 168 Å². The summed E-state index contributed by atoms with van der Waals surface area (Å²) in [5.74, 6) is -0.256.